The van der Waals surface area contributed by atoms with E-state index in [9.17, 15) is 9.59 Å². The van der Waals surface area contributed by atoms with Crippen LogP contribution in [-0.2, 0) is 16.1 Å². The Morgan fingerprint density at radius 1 is 1.39 bits per heavy atom. The lowest BCUT2D eigenvalue weighted by Gasteiger charge is -2.33. The quantitative estimate of drug-likeness (QED) is 0.506. The van der Waals surface area contributed by atoms with E-state index in [1.54, 1.807) is 26.0 Å². The number of benzene rings is 1. The molecule has 2 rings (SSSR count). The van der Waals surface area contributed by atoms with Crippen molar-refractivity contribution in [2.24, 2.45) is 5.92 Å². The lowest BCUT2D eigenvalue weighted by atomic mass is 9.74. The van der Waals surface area contributed by atoms with Crippen molar-refractivity contribution in [2.45, 2.75) is 32.3 Å². The molecular weight excluding hydrogens is 232 g/mol. The third-order valence-electron chi connectivity index (χ3n) is 3.45. The summed E-state index contributed by atoms with van der Waals surface area (Å²) in [7, 11) is 0. The van der Waals surface area contributed by atoms with E-state index in [-0.39, 0.29) is 18.1 Å². The molecule has 0 aliphatic heterocycles. The Morgan fingerprint density at radius 3 is 2.67 bits per heavy atom. The van der Waals surface area contributed by atoms with E-state index in [1.165, 1.54) is 0 Å². The van der Waals surface area contributed by atoms with Gasteiger partial charge >= 0.3 is 0 Å². The molecule has 0 heterocycles. The molecule has 0 saturated heterocycles. The molecule has 1 aromatic carbocycles. The van der Waals surface area contributed by atoms with E-state index < -0.39 is 11.4 Å². The summed E-state index contributed by atoms with van der Waals surface area (Å²) in [5.74, 6) is -1.18. The van der Waals surface area contributed by atoms with Crippen LogP contribution in [0.1, 0.15) is 36.2 Å². The second-order valence-corrected chi connectivity index (χ2v) is 4.92. The van der Waals surface area contributed by atoms with E-state index >= 15 is 0 Å². The maximum absolute atomic E-state index is 12.4. The number of hydrogen-bond donors (Lipinski definition) is 1. The minimum absolute atomic E-state index is 0.191. The molecule has 1 atom stereocenters. The van der Waals surface area contributed by atoms with Crippen LogP contribution in [0.2, 0.25) is 0 Å². The van der Waals surface area contributed by atoms with Crippen LogP contribution in [0.5, 0.6) is 0 Å². The van der Waals surface area contributed by atoms with Crippen molar-refractivity contribution in [1.82, 2.24) is 0 Å². The molecule has 1 aromatic rings. The molecular formula is C14H16O4. The number of rotatable bonds is 3. The number of carbonyl (C=O) groups is 2. The maximum Gasteiger partial charge on any atom is 0.224 e. The second kappa shape index (κ2) is 4.63. The molecule has 0 radical (unpaired) electrons. The van der Waals surface area contributed by atoms with Gasteiger partial charge in [0.15, 0.2) is 5.78 Å². The smallest absolute Gasteiger partial charge is 0.224 e. The monoisotopic (exact) mass is 248 g/mol. The van der Waals surface area contributed by atoms with Crippen LogP contribution in [0.3, 0.4) is 0 Å². The zero-order valence-corrected chi connectivity index (χ0v) is 10.5. The fourth-order valence-corrected chi connectivity index (χ4v) is 2.44. The highest BCUT2D eigenvalue weighted by Gasteiger charge is 2.51. The first-order valence-electron chi connectivity index (χ1n) is 6.02. The molecule has 0 amide bonds. The molecule has 0 aromatic heterocycles. The van der Waals surface area contributed by atoms with Gasteiger partial charge in [0.1, 0.15) is 0 Å². The summed E-state index contributed by atoms with van der Waals surface area (Å²) < 4.78 is 0. The third-order valence-corrected chi connectivity index (χ3v) is 3.45. The minimum Gasteiger partial charge on any atom is -0.295 e. The number of carbonyl (C=O) groups excluding carboxylic acids is 2. The van der Waals surface area contributed by atoms with Crippen molar-refractivity contribution in [2.75, 3.05) is 0 Å². The summed E-state index contributed by atoms with van der Waals surface area (Å²) in [5, 5.41) is 9.12. The highest BCUT2D eigenvalue weighted by atomic mass is 17.1. The van der Waals surface area contributed by atoms with Gasteiger partial charge in [-0.3, -0.25) is 14.8 Å². The van der Waals surface area contributed by atoms with Gasteiger partial charge in [0.25, 0.3) is 0 Å². The Bertz CT molecular complexity index is 492. The Hall–Kier alpha value is -1.52. The fourth-order valence-electron chi connectivity index (χ4n) is 2.44. The zero-order valence-electron chi connectivity index (χ0n) is 10.5. The first kappa shape index (κ1) is 12.9. The van der Waals surface area contributed by atoms with Gasteiger partial charge < -0.3 is 0 Å². The van der Waals surface area contributed by atoms with E-state index in [1.807, 2.05) is 12.1 Å². The number of Topliss-reactive ketones (excluding diaryl/α,β-unsaturated/α-hetero) is 2. The molecule has 1 aliphatic rings. The molecule has 1 unspecified atom stereocenters. The predicted octanol–water partition coefficient (Wildman–Crippen LogP) is 2.27. The SMILES string of the molecule is CC(C)C(=O)C1(OO)CCc2ccccc2C1=O. The molecule has 0 fully saturated rings. The Balaban J connectivity index is 2.48. The fraction of sp³-hybridized carbons (Fsp3) is 0.429. The van der Waals surface area contributed by atoms with Crippen LogP contribution in [0.25, 0.3) is 0 Å². The summed E-state index contributed by atoms with van der Waals surface area (Å²) in [6, 6.07) is 7.11. The molecule has 4 nitrogen and oxygen atoms in total. The van der Waals surface area contributed by atoms with E-state index in [4.69, 9.17) is 5.26 Å². The van der Waals surface area contributed by atoms with Crippen LogP contribution >= 0.6 is 0 Å². The lowest BCUT2D eigenvalue weighted by Crippen LogP contribution is -2.53. The molecule has 0 saturated carbocycles. The topological polar surface area (TPSA) is 63.6 Å². The molecule has 96 valence electrons. The molecule has 0 bridgehead atoms. The predicted molar refractivity (Wildman–Crippen MR) is 65.4 cm³/mol. The van der Waals surface area contributed by atoms with Crippen LogP contribution in [0.15, 0.2) is 24.3 Å². The first-order valence-corrected chi connectivity index (χ1v) is 6.02. The van der Waals surface area contributed by atoms with Gasteiger partial charge in [-0.2, -0.15) is 0 Å². The normalized spacial score (nSPS) is 23.0. The summed E-state index contributed by atoms with van der Waals surface area (Å²) >= 11 is 0. The highest BCUT2D eigenvalue weighted by Crippen LogP contribution is 2.33. The van der Waals surface area contributed by atoms with Gasteiger partial charge in [-0.15, -0.1) is 0 Å². The standard InChI is InChI=1S/C14H16O4/c1-9(2)12(15)14(18-17)8-7-10-5-3-4-6-11(10)13(14)16/h3-6,9,17H,7-8H2,1-2H3. The van der Waals surface area contributed by atoms with Gasteiger partial charge in [-0.1, -0.05) is 38.1 Å². The van der Waals surface area contributed by atoms with Gasteiger partial charge in [0.05, 0.1) is 0 Å². The number of aryl methyl sites for hydroxylation is 1. The average molecular weight is 248 g/mol. The summed E-state index contributed by atoms with van der Waals surface area (Å²) in [6.45, 7) is 3.38. The number of ketones is 2. The first-order chi connectivity index (χ1) is 8.53. The Morgan fingerprint density at radius 2 is 2.06 bits per heavy atom. The van der Waals surface area contributed by atoms with Crippen molar-refractivity contribution in [3.8, 4) is 0 Å². The van der Waals surface area contributed by atoms with Crippen molar-refractivity contribution in [3.63, 3.8) is 0 Å². The average Bonchev–Trinajstić information content (AvgIpc) is 2.39. The lowest BCUT2D eigenvalue weighted by molar-refractivity contribution is -0.297. The Kier molecular flexibility index (Phi) is 3.32. The largest absolute Gasteiger partial charge is 0.295 e. The molecule has 0 spiro atoms. The highest BCUT2D eigenvalue weighted by molar-refractivity contribution is 6.19. The number of hydrogen-bond acceptors (Lipinski definition) is 4. The maximum atomic E-state index is 12.4. The molecule has 4 heteroatoms. The van der Waals surface area contributed by atoms with Gasteiger partial charge in [-0.25, -0.2) is 4.89 Å². The van der Waals surface area contributed by atoms with Crippen LogP contribution in [0.4, 0.5) is 0 Å². The van der Waals surface area contributed by atoms with Crippen molar-refractivity contribution >= 4 is 11.6 Å². The van der Waals surface area contributed by atoms with E-state index in [0.29, 0.717) is 12.0 Å². The second-order valence-electron chi connectivity index (χ2n) is 4.92. The van der Waals surface area contributed by atoms with Crippen molar-refractivity contribution in [1.29, 1.82) is 0 Å². The van der Waals surface area contributed by atoms with E-state index in [2.05, 4.69) is 4.89 Å². The molecule has 18 heavy (non-hydrogen) atoms. The van der Waals surface area contributed by atoms with Crippen LogP contribution in [-0.4, -0.2) is 22.4 Å². The van der Waals surface area contributed by atoms with Crippen LogP contribution < -0.4 is 0 Å². The van der Waals surface area contributed by atoms with Gasteiger partial charge in [-0.05, 0) is 18.4 Å². The number of fused-ring (bicyclic) bond motifs is 1. The summed E-state index contributed by atoms with van der Waals surface area (Å²) in [6.07, 6.45) is 0.733. The Labute approximate surface area is 106 Å². The van der Waals surface area contributed by atoms with Crippen LogP contribution in [0, 0.1) is 5.92 Å². The van der Waals surface area contributed by atoms with Crippen molar-refractivity contribution in [3.05, 3.63) is 35.4 Å². The zero-order chi connectivity index (χ0) is 13.3. The third kappa shape index (κ3) is 1.78. The van der Waals surface area contributed by atoms with Gasteiger partial charge in [0, 0.05) is 11.5 Å². The van der Waals surface area contributed by atoms with Gasteiger partial charge in [0.2, 0.25) is 11.4 Å². The minimum atomic E-state index is -1.72. The summed E-state index contributed by atoms with van der Waals surface area (Å²) in [4.78, 5) is 28.9. The van der Waals surface area contributed by atoms with E-state index in [0.717, 1.165) is 5.56 Å². The molecule has 1 aliphatic carbocycles. The summed E-state index contributed by atoms with van der Waals surface area (Å²) in [5.41, 5.74) is -0.360. The van der Waals surface area contributed by atoms with Crippen molar-refractivity contribution < 1.29 is 19.7 Å². The molecule has 1 N–H and O–H groups in total.